The van der Waals surface area contributed by atoms with E-state index in [9.17, 15) is 4.79 Å². The smallest absolute Gasteiger partial charge is 0.239 e. The van der Waals surface area contributed by atoms with Crippen LogP contribution in [-0.2, 0) is 4.79 Å². The first-order valence-corrected chi connectivity index (χ1v) is 8.40. The zero-order chi connectivity index (χ0) is 18.4. The second-order valence-electron chi connectivity index (χ2n) is 6.08. The van der Waals surface area contributed by atoms with Crippen molar-refractivity contribution in [3.05, 3.63) is 83.6 Å². The zero-order valence-electron chi connectivity index (χ0n) is 14.8. The van der Waals surface area contributed by atoms with Crippen LogP contribution in [0.2, 0.25) is 0 Å². The molecule has 0 spiro atoms. The normalized spacial score (nSPS) is 11.8. The predicted octanol–water partition coefficient (Wildman–Crippen LogP) is 2.81. The van der Waals surface area contributed by atoms with E-state index in [2.05, 4.69) is 57.6 Å². The van der Waals surface area contributed by atoms with E-state index in [1.807, 2.05) is 18.3 Å². The molecular weight excluding hydrogens is 326 g/mol. The molecule has 0 saturated heterocycles. The van der Waals surface area contributed by atoms with Crippen molar-refractivity contribution < 1.29 is 4.79 Å². The van der Waals surface area contributed by atoms with E-state index < -0.39 is 0 Å². The summed E-state index contributed by atoms with van der Waals surface area (Å²) in [6, 6.07) is 10.1. The molecule has 0 bridgehead atoms. The van der Waals surface area contributed by atoms with Crippen LogP contribution in [0.3, 0.4) is 0 Å². The monoisotopic (exact) mass is 347 g/mol. The minimum atomic E-state index is -0.178. The maximum absolute atomic E-state index is 12.2. The molecule has 132 valence electrons. The standard InChI is InChI=1S/C20H21N5O/c1-14-5-6-16(10-15(14)2)20(17-4-3-7-21-11-17)24-13-19(26)25-18-12-22-8-9-23-18/h3-12,20,24H,13H2,1-2H3,(H,23,25,26). The summed E-state index contributed by atoms with van der Waals surface area (Å²) in [6.07, 6.45) is 8.16. The lowest BCUT2D eigenvalue weighted by molar-refractivity contribution is -0.115. The second kappa shape index (κ2) is 8.31. The van der Waals surface area contributed by atoms with Gasteiger partial charge in [0.2, 0.25) is 5.91 Å². The largest absolute Gasteiger partial charge is 0.308 e. The number of hydrogen-bond acceptors (Lipinski definition) is 5. The molecule has 0 radical (unpaired) electrons. The fourth-order valence-corrected chi connectivity index (χ4v) is 2.66. The van der Waals surface area contributed by atoms with Crippen LogP contribution in [0.25, 0.3) is 0 Å². The summed E-state index contributed by atoms with van der Waals surface area (Å²) >= 11 is 0. The van der Waals surface area contributed by atoms with Gasteiger partial charge < -0.3 is 5.32 Å². The molecule has 0 aliphatic rings. The number of anilines is 1. The Kier molecular flexibility index (Phi) is 5.66. The summed E-state index contributed by atoms with van der Waals surface area (Å²) in [4.78, 5) is 24.4. The Morgan fingerprint density at radius 3 is 2.54 bits per heavy atom. The maximum Gasteiger partial charge on any atom is 0.239 e. The molecule has 2 aromatic heterocycles. The number of hydrogen-bond donors (Lipinski definition) is 2. The first-order valence-electron chi connectivity index (χ1n) is 8.40. The molecule has 6 nitrogen and oxygen atoms in total. The van der Waals surface area contributed by atoms with Crippen molar-refractivity contribution in [2.45, 2.75) is 19.9 Å². The number of aryl methyl sites for hydroxylation is 2. The number of carbonyl (C=O) groups excluding carboxylic acids is 1. The summed E-state index contributed by atoms with van der Waals surface area (Å²) in [7, 11) is 0. The number of nitrogens with one attached hydrogen (secondary N) is 2. The molecule has 1 atom stereocenters. The van der Waals surface area contributed by atoms with E-state index in [0.717, 1.165) is 11.1 Å². The van der Waals surface area contributed by atoms with Crippen LogP contribution < -0.4 is 10.6 Å². The first-order chi connectivity index (χ1) is 12.6. The van der Waals surface area contributed by atoms with Gasteiger partial charge in [-0.1, -0.05) is 24.3 Å². The van der Waals surface area contributed by atoms with Gasteiger partial charge in [-0.2, -0.15) is 0 Å². The fraction of sp³-hybridized carbons (Fsp3) is 0.200. The molecule has 0 aliphatic heterocycles. The minimum absolute atomic E-state index is 0.129. The van der Waals surface area contributed by atoms with Crippen LogP contribution >= 0.6 is 0 Å². The molecule has 0 saturated carbocycles. The minimum Gasteiger partial charge on any atom is -0.308 e. The van der Waals surface area contributed by atoms with Gasteiger partial charge in [-0.15, -0.1) is 0 Å². The van der Waals surface area contributed by atoms with Gasteiger partial charge in [-0.25, -0.2) is 4.98 Å². The topological polar surface area (TPSA) is 79.8 Å². The summed E-state index contributed by atoms with van der Waals surface area (Å²) < 4.78 is 0. The molecule has 1 amide bonds. The lowest BCUT2D eigenvalue weighted by atomic mass is 9.96. The molecule has 1 aromatic carbocycles. The van der Waals surface area contributed by atoms with Crippen LogP contribution in [-0.4, -0.2) is 27.4 Å². The number of benzene rings is 1. The number of pyridine rings is 1. The van der Waals surface area contributed by atoms with Gasteiger partial charge in [-0.05, 0) is 42.2 Å². The highest BCUT2D eigenvalue weighted by atomic mass is 16.2. The molecular formula is C20H21N5O. The van der Waals surface area contributed by atoms with Gasteiger partial charge >= 0.3 is 0 Å². The third-order valence-corrected chi connectivity index (χ3v) is 4.18. The highest BCUT2D eigenvalue weighted by Crippen LogP contribution is 2.23. The molecule has 3 rings (SSSR count). The molecule has 1 unspecified atom stereocenters. The van der Waals surface area contributed by atoms with Crippen LogP contribution in [0.4, 0.5) is 5.82 Å². The van der Waals surface area contributed by atoms with Crippen molar-refractivity contribution >= 4 is 11.7 Å². The average Bonchev–Trinajstić information content (AvgIpc) is 2.66. The summed E-state index contributed by atoms with van der Waals surface area (Å²) in [5.41, 5.74) is 4.54. The summed E-state index contributed by atoms with van der Waals surface area (Å²) in [5.74, 6) is 0.256. The fourth-order valence-electron chi connectivity index (χ4n) is 2.66. The average molecular weight is 347 g/mol. The van der Waals surface area contributed by atoms with Gasteiger partial charge in [-0.3, -0.25) is 20.1 Å². The lowest BCUT2D eigenvalue weighted by Crippen LogP contribution is -2.32. The van der Waals surface area contributed by atoms with E-state index in [1.54, 1.807) is 12.4 Å². The van der Waals surface area contributed by atoms with E-state index >= 15 is 0 Å². The van der Waals surface area contributed by atoms with Gasteiger partial charge in [0.15, 0.2) is 5.82 Å². The Balaban J connectivity index is 1.76. The number of carbonyl (C=O) groups is 1. The third kappa shape index (κ3) is 4.49. The Morgan fingerprint density at radius 1 is 1.00 bits per heavy atom. The maximum atomic E-state index is 12.2. The van der Waals surface area contributed by atoms with E-state index in [0.29, 0.717) is 5.82 Å². The van der Waals surface area contributed by atoms with Crippen LogP contribution in [0, 0.1) is 13.8 Å². The summed E-state index contributed by atoms with van der Waals surface area (Å²) in [5, 5.41) is 6.05. The first kappa shape index (κ1) is 17.7. The molecule has 0 fully saturated rings. The van der Waals surface area contributed by atoms with Crippen molar-refractivity contribution in [1.82, 2.24) is 20.3 Å². The van der Waals surface area contributed by atoms with E-state index in [-0.39, 0.29) is 18.5 Å². The van der Waals surface area contributed by atoms with Crippen molar-refractivity contribution in [2.75, 3.05) is 11.9 Å². The van der Waals surface area contributed by atoms with E-state index in [1.165, 1.54) is 23.5 Å². The molecule has 26 heavy (non-hydrogen) atoms. The van der Waals surface area contributed by atoms with Crippen LogP contribution in [0.1, 0.15) is 28.3 Å². The Labute approximate surface area is 152 Å². The molecule has 6 heteroatoms. The van der Waals surface area contributed by atoms with Gasteiger partial charge in [0.25, 0.3) is 0 Å². The predicted molar refractivity (Wildman–Crippen MR) is 101 cm³/mol. The van der Waals surface area contributed by atoms with E-state index in [4.69, 9.17) is 0 Å². The number of nitrogens with zero attached hydrogens (tertiary/aromatic N) is 3. The molecule has 2 N–H and O–H groups in total. The molecule has 0 aliphatic carbocycles. The van der Waals surface area contributed by atoms with Crippen molar-refractivity contribution in [2.24, 2.45) is 0 Å². The lowest BCUT2D eigenvalue weighted by Gasteiger charge is -2.20. The summed E-state index contributed by atoms with van der Waals surface area (Å²) in [6.45, 7) is 4.31. The van der Waals surface area contributed by atoms with Gasteiger partial charge in [0.05, 0.1) is 18.8 Å². The number of amides is 1. The van der Waals surface area contributed by atoms with Gasteiger partial charge in [0.1, 0.15) is 0 Å². The number of aromatic nitrogens is 3. The van der Waals surface area contributed by atoms with Crippen LogP contribution in [0.15, 0.2) is 61.3 Å². The Hall–Kier alpha value is -3.12. The highest BCUT2D eigenvalue weighted by molar-refractivity contribution is 5.91. The second-order valence-corrected chi connectivity index (χ2v) is 6.08. The highest BCUT2D eigenvalue weighted by Gasteiger charge is 2.16. The SMILES string of the molecule is Cc1ccc(C(NCC(=O)Nc2cnccn2)c2cccnc2)cc1C. The Morgan fingerprint density at radius 2 is 1.85 bits per heavy atom. The number of rotatable bonds is 6. The third-order valence-electron chi connectivity index (χ3n) is 4.18. The van der Waals surface area contributed by atoms with Crippen molar-refractivity contribution in [1.29, 1.82) is 0 Å². The molecule has 3 aromatic rings. The van der Waals surface area contributed by atoms with Crippen LogP contribution in [0.5, 0.6) is 0 Å². The molecule has 2 heterocycles. The van der Waals surface area contributed by atoms with Gasteiger partial charge in [0, 0.05) is 24.8 Å². The Bertz CT molecular complexity index is 868. The van der Waals surface area contributed by atoms with Crippen molar-refractivity contribution in [3.63, 3.8) is 0 Å². The zero-order valence-corrected chi connectivity index (χ0v) is 14.8. The van der Waals surface area contributed by atoms with Crippen molar-refractivity contribution in [3.8, 4) is 0 Å². The quantitative estimate of drug-likeness (QED) is 0.717.